The number of hydrogen-bond donors (Lipinski definition) is 2. The van der Waals surface area contributed by atoms with Gasteiger partial charge in [0.25, 0.3) is 0 Å². The van der Waals surface area contributed by atoms with Gasteiger partial charge in [-0.1, -0.05) is 15.9 Å². The fraction of sp³-hybridized carbons (Fsp3) is 0.600. The van der Waals surface area contributed by atoms with Gasteiger partial charge in [-0.3, -0.25) is 0 Å². The van der Waals surface area contributed by atoms with Crippen molar-refractivity contribution in [2.24, 2.45) is 5.92 Å². The summed E-state index contributed by atoms with van der Waals surface area (Å²) in [6.45, 7) is 8.99. The summed E-state index contributed by atoms with van der Waals surface area (Å²) < 4.78 is 1.16. The molecule has 100 valence electrons. The predicted molar refractivity (Wildman–Crippen MR) is 82.3 cm³/mol. The average molecular weight is 311 g/mol. The highest BCUT2D eigenvalue weighted by Crippen LogP contribution is 2.28. The van der Waals surface area contributed by atoms with Crippen LogP contribution in [0.4, 0.5) is 5.69 Å². The number of aryl methyl sites for hydroxylation is 2. The van der Waals surface area contributed by atoms with Crippen LogP contribution in [0.1, 0.15) is 30.9 Å². The molecule has 1 fully saturated rings. The van der Waals surface area contributed by atoms with Crippen LogP contribution >= 0.6 is 15.9 Å². The Morgan fingerprint density at radius 3 is 2.33 bits per heavy atom. The Labute approximate surface area is 119 Å². The fourth-order valence-electron chi connectivity index (χ4n) is 2.83. The topological polar surface area (TPSA) is 24.1 Å². The third kappa shape index (κ3) is 3.27. The second-order valence-corrected chi connectivity index (χ2v) is 6.35. The Balaban J connectivity index is 2.08. The summed E-state index contributed by atoms with van der Waals surface area (Å²) in [6, 6.07) is 4.92. The molecule has 1 atom stereocenters. The van der Waals surface area contributed by atoms with Gasteiger partial charge in [-0.25, -0.2) is 0 Å². The molecule has 2 nitrogen and oxygen atoms in total. The molecule has 1 aliphatic heterocycles. The maximum absolute atomic E-state index is 3.73. The SMILES string of the molecule is Cc1cc(Br)cc(C)c1NC(C)C1CCNCC1. The molecule has 1 aliphatic rings. The van der Waals surface area contributed by atoms with Crippen LogP contribution in [0.2, 0.25) is 0 Å². The molecule has 1 saturated heterocycles. The maximum atomic E-state index is 3.73. The maximum Gasteiger partial charge on any atom is 0.0402 e. The van der Waals surface area contributed by atoms with Crippen molar-refractivity contribution in [3.63, 3.8) is 0 Å². The van der Waals surface area contributed by atoms with E-state index in [1.807, 2.05) is 0 Å². The van der Waals surface area contributed by atoms with Gasteiger partial charge >= 0.3 is 0 Å². The van der Waals surface area contributed by atoms with Gasteiger partial charge in [0.05, 0.1) is 0 Å². The standard InChI is InChI=1S/C15H23BrN2/c1-10-8-14(16)9-11(2)15(10)18-12(3)13-4-6-17-7-5-13/h8-9,12-13,17-18H,4-7H2,1-3H3. The van der Waals surface area contributed by atoms with Gasteiger partial charge in [-0.15, -0.1) is 0 Å². The lowest BCUT2D eigenvalue weighted by Gasteiger charge is -2.30. The summed E-state index contributed by atoms with van der Waals surface area (Å²) in [5, 5.41) is 7.16. The molecular formula is C15H23BrN2. The molecule has 1 unspecified atom stereocenters. The molecule has 1 aromatic carbocycles. The molecule has 2 rings (SSSR count). The van der Waals surface area contributed by atoms with E-state index < -0.39 is 0 Å². The number of halogens is 1. The minimum Gasteiger partial charge on any atom is -0.382 e. The monoisotopic (exact) mass is 310 g/mol. The molecule has 18 heavy (non-hydrogen) atoms. The van der Waals surface area contributed by atoms with E-state index in [0.717, 1.165) is 23.5 Å². The van der Waals surface area contributed by atoms with Crippen LogP contribution in [0.25, 0.3) is 0 Å². The molecule has 0 aromatic heterocycles. The number of hydrogen-bond acceptors (Lipinski definition) is 2. The molecule has 0 saturated carbocycles. The highest BCUT2D eigenvalue weighted by Gasteiger charge is 2.20. The minimum absolute atomic E-state index is 0.547. The lowest BCUT2D eigenvalue weighted by molar-refractivity contribution is 0.343. The predicted octanol–water partition coefficient (Wildman–Crippen LogP) is 3.87. The fourth-order valence-corrected chi connectivity index (χ4v) is 3.51. The van der Waals surface area contributed by atoms with Crippen molar-refractivity contribution in [3.8, 4) is 0 Å². The van der Waals surface area contributed by atoms with E-state index in [-0.39, 0.29) is 0 Å². The Morgan fingerprint density at radius 2 is 1.78 bits per heavy atom. The van der Waals surface area contributed by atoms with Crippen molar-refractivity contribution in [1.82, 2.24) is 5.32 Å². The zero-order valence-corrected chi connectivity index (χ0v) is 13.1. The number of benzene rings is 1. The molecule has 1 aromatic rings. The van der Waals surface area contributed by atoms with Crippen molar-refractivity contribution in [3.05, 3.63) is 27.7 Å². The number of piperidine rings is 1. The summed E-state index contributed by atoms with van der Waals surface area (Å²) in [5.74, 6) is 0.786. The smallest absolute Gasteiger partial charge is 0.0402 e. The zero-order valence-electron chi connectivity index (χ0n) is 11.5. The van der Waals surface area contributed by atoms with Gasteiger partial charge < -0.3 is 10.6 Å². The first-order valence-electron chi connectivity index (χ1n) is 6.82. The quantitative estimate of drug-likeness (QED) is 0.885. The highest BCUT2D eigenvalue weighted by atomic mass is 79.9. The molecule has 0 spiro atoms. The Kier molecular flexibility index (Phi) is 4.68. The van der Waals surface area contributed by atoms with E-state index in [1.54, 1.807) is 0 Å². The van der Waals surface area contributed by atoms with Crippen LogP contribution in [0.15, 0.2) is 16.6 Å². The number of nitrogens with one attached hydrogen (secondary N) is 2. The molecule has 3 heteroatoms. The zero-order chi connectivity index (χ0) is 13.1. The van der Waals surface area contributed by atoms with Gasteiger partial charge in [-0.2, -0.15) is 0 Å². The van der Waals surface area contributed by atoms with E-state index in [0.29, 0.717) is 6.04 Å². The van der Waals surface area contributed by atoms with Crippen LogP contribution in [0.5, 0.6) is 0 Å². The molecule has 2 N–H and O–H groups in total. The first kappa shape index (κ1) is 13.9. The highest BCUT2D eigenvalue weighted by molar-refractivity contribution is 9.10. The molecule has 0 radical (unpaired) electrons. The van der Waals surface area contributed by atoms with E-state index in [9.17, 15) is 0 Å². The van der Waals surface area contributed by atoms with E-state index in [4.69, 9.17) is 0 Å². The van der Waals surface area contributed by atoms with E-state index in [2.05, 4.69) is 59.5 Å². The van der Waals surface area contributed by atoms with Crippen LogP contribution < -0.4 is 10.6 Å². The van der Waals surface area contributed by atoms with Crippen molar-refractivity contribution in [1.29, 1.82) is 0 Å². The first-order valence-corrected chi connectivity index (χ1v) is 7.61. The molecule has 0 bridgehead atoms. The summed E-state index contributed by atoms with van der Waals surface area (Å²) >= 11 is 3.55. The first-order chi connectivity index (χ1) is 8.58. The van der Waals surface area contributed by atoms with Crippen molar-refractivity contribution >= 4 is 21.6 Å². The number of anilines is 1. The number of rotatable bonds is 3. The Bertz CT molecular complexity index is 388. The lowest BCUT2D eigenvalue weighted by atomic mass is 9.91. The summed E-state index contributed by atoms with van der Waals surface area (Å²) in [7, 11) is 0. The molecule has 1 heterocycles. The second kappa shape index (κ2) is 6.07. The third-order valence-electron chi connectivity index (χ3n) is 3.96. The van der Waals surface area contributed by atoms with Crippen LogP contribution in [0.3, 0.4) is 0 Å². The van der Waals surface area contributed by atoms with E-state index >= 15 is 0 Å². The van der Waals surface area contributed by atoms with E-state index in [1.165, 1.54) is 29.7 Å². The third-order valence-corrected chi connectivity index (χ3v) is 4.42. The van der Waals surface area contributed by atoms with Crippen LogP contribution in [0, 0.1) is 19.8 Å². The van der Waals surface area contributed by atoms with Crippen molar-refractivity contribution in [2.75, 3.05) is 18.4 Å². The Hall–Kier alpha value is -0.540. The van der Waals surface area contributed by atoms with Crippen molar-refractivity contribution in [2.45, 2.75) is 39.7 Å². The van der Waals surface area contributed by atoms with Gasteiger partial charge in [0.2, 0.25) is 0 Å². The van der Waals surface area contributed by atoms with Gasteiger partial charge in [-0.05, 0) is 75.9 Å². The second-order valence-electron chi connectivity index (χ2n) is 5.44. The largest absolute Gasteiger partial charge is 0.382 e. The van der Waals surface area contributed by atoms with Crippen LogP contribution in [-0.2, 0) is 0 Å². The molecule has 0 aliphatic carbocycles. The Morgan fingerprint density at radius 1 is 1.22 bits per heavy atom. The van der Waals surface area contributed by atoms with Gasteiger partial charge in [0, 0.05) is 16.2 Å². The normalized spacial score (nSPS) is 18.7. The van der Waals surface area contributed by atoms with Gasteiger partial charge in [0.1, 0.15) is 0 Å². The molecule has 0 amide bonds. The average Bonchev–Trinajstić information content (AvgIpc) is 2.34. The van der Waals surface area contributed by atoms with Gasteiger partial charge in [0.15, 0.2) is 0 Å². The van der Waals surface area contributed by atoms with Crippen molar-refractivity contribution < 1.29 is 0 Å². The summed E-state index contributed by atoms with van der Waals surface area (Å²) in [5.41, 5.74) is 3.95. The lowest BCUT2D eigenvalue weighted by Crippen LogP contribution is -2.36. The summed E-state index contributed by atoms with van der Waals surface area (Å²) in [4.78, 5) is 0. The minimum atomic E-state index is 0.547. The summed E-state index contributed by atoms with van der Waals surface area (Å²) in [6.07, 6.45) is 2.56. The molecular weight excluding hydrogens is 288 g/mol. The van der Waals surface area contributed by atoms with Crippen LogP contribution in [-0.4, -0.2) is 19.1 Å².